The molecule has 12 heteroatoms. The van der Waals surface area contributed by atoms with E-state index in [0.29, 0.717) is 49.4 Å². The van der Waals surface area contributed by atoms with Gasteiger partial charge >= 0.3 is 11.9 Å². The first-order chi connectivity index (χ1) is 21.3. The number of hydrogen-bond acceptors (Lipinski definition) is 10. The van der Waals surface area contributed by atoms with Gasteiger partial charge < -0.3 is 29.4 Å². The average molecular weight is 599 g/mol. The molecule has 2 aromatic heterocycles. The molecule has 2 aliphatic heterocycles. The van der Waals surface area contributed by atoms with Crippen molar-refractivity contribution in [2.24, 2.45) is 11.8 Å². The van der Waals surface area contributed by atoms with Crippen molar-refractivity contribution in [2.45, 2.75) is 39.8 Å². The van der Waals surface area contributed by atoms with Crippen molar-refractivity contribution >= 4 is 34.7 Å². The van der Waals surface area contributed by atoms with Crippen LogP contribution in [-0.4, -0.2) is 57.2 Å². The van der Waals surface area contributed by atoms with E-state index in [1.807, 2.05) is 49.3 Å². The second-order valence-corrected chi connectivity index (χ2v) is 11.8. The molecule has 0 bridgehead atoms. The van der Waals surface area contributed by atoms with Crippen LogP contribution in [0, 0.1) is 11.8 Å². The standard InChI is InChI=1S/C32H38N8O4/c1-21(2)29(37-13-9-33-19-37)23-5-7-27-25(17-23)35-11-15-39(27)43-31(41)32(42)44-40-16-12-36-26-18-24(6-8-28(26)40)30(22(3)4)38-14-10-34-20-38/h5-10,13-14,17-22,29-30,35-36H,11-12,15-16H2,1-4H3. The Bertz CT molecular complexity index is 1480. The predicted molar refractivity (Wildman–Crippen MR) is 167 cm³/mol. The smallest absolute Gasteiger partial charge is 0.381 e. The Kier molecular flexibility index (Phi) is 8.14. The first kappa shape index (κ1) is 29.1. The van der Waals surface area contributed by atoms with Gasteiger partial charge in [-0.2, -0.15) is 0 Å². The van der Waals surface area contributed by atoms with Gasteiger partial charge in [0.1, 0.15) is 0 Å². The van der Waals surface area contributed by atoms with Crippen LogP contribution < -0.4 is 20.8 Å². The van der Waals surface area contributed by atoms with Gasteiger partial charge in [-0.15, -0.1) is 0 Å². The van der Waals surface area contributed by atoms with Crippen LogP contribution in [0.4, 0.5) is 22.7 Å². The quantitative estimate of drug-likeness (QED) is 0.278. The molecule has 0 amide bonds. The maximum absolute atomic E-state index is 13.0. The molecule has 12 nitrogen and oxygen atoms in total. The lowest BCUT2D eigenvalue weighted by Gasteiger charge is -2.33. The summed E-state index contributed by atoms with van der Waals surface area (Å²) in [5.41, 5.74) is 5.19. The third-order valence-corrected chi connectivity index (χ3v) is 8.03. The summed E-state index contributed by atoms with van der Waals surface area (Å²) in [7, 11) is 0. The van der Waals surface area contributed by atoms with E-state index in [1.165, 1.54) is 10.1 Å². The van der Waals surface area contributed by atoms with Gasteiger partial charge in [-0.05, 0) is 47.2 Å². The van der Waals surface area contributed by atoms with E-state index >= 15 is 0 Å². The molecule has 2 aromatic carbocycles. The summed E-state index contributed by atoms with van der Waals surface area (Å²) in [5.74, 6) is -1.52. The summed E-state index contributed by atoms with van der Waals surface area (Å²) in [6.07, 6.45) is 11.1. The summed E-state index contributed by atoms with van der Waals surface area (Å²) in [5, 5.41) is 9.66. The molecule has 0 aliphatic carbocycles. The molecule has 6 rings (SSSR count). The van der Waals surface area contributed by atoms with Crippen molar-refractivity contribution < 1.29 is 19.3 Å². The molecule has 0 fully saturated rings. The monoisotopic (exact) mass is 598 g/mol. The number of benzene rings is 2. The topological polar surface area (TPSA) is 119 Å². The van der Waals surface area contributed by atoms with Gasteiger partial charge in [-0.1, -0.05) is 39.8 Å². The summed E-state index contributed by atoms with van der Waals surface area (Å²) in [6, 6.07) is 12.1. The number of imidazole rings is 2. The van der Waals surface area contributed by atoms with Gasteiger partial charge in [0.15, 0.2) is 0 Å². The third kappa shape index (κ3) is 5.79. The van der Waals surface area contributed by atoms with Crippen molar-refractivity contribution in [1.29, 1.82) is 0 Å². The third-order valence-electron chi connectivity index (χ3n) is 8.03. The number of carbonyl (C=O) groups excluding carboxylic acids is 2. The zero-order chi connectivity index (χ0) is 30.8. The minimum Gasteiger partial charge on any atom is -0.381 e. The number of nitrogens with one attached hydrogen (secondary N) is 2. The second kappa shape index (κ2) is 12.3. The molecule has 230 valence electrons. The van der Waals surface area contributed by atoms with E-state index < -0.39 is 11.9 Å². The van der Waals surface area contributed by atoms with Crippen LogP contribution in [0.3, 0.4) is 0 Å². The highest BCUT2D eigenvalue weighted by molar-refractivity contribution is 6.30. The summed E-state index contributed by atoms with van der Waals surface area (Å²) >= 11 is 0. The lowest BCUT2D eigenvalue weighted by atomic mass is 9.94. The number of hydrogen-bond donors (Lipinski definition) is 2. The highest BCUT2D eigenvalue weighted by Gasteiger charge is 2.31. The number of hydroxylamine groups is 2. The van der Waals surface area contributed by atoms with Crippen LogP contribution in [-0.2, 0) is 19.3 Å². The number of fused-ring (bicyclic) bond motifs is 2. The Labute approximate surface area is 256 Å². The molecule has 2 unspecified atom stereocenters. The highest BCUT2D eigenvalue weighted by Crippen LogP contribution is 2.37. The van der Waals surface area contributed by atoms with E-state index in [0.717, 1.165) is 22.5 Å². The first-order valence-corrected chi connectivity index (χ1v) is 15.0. The van der Waals surface area contributed by atoms with E-state index in [1.54, 1.807) is 12.4 Å². The van der Waals surface area contributed by atoms with Crippen LogP contribution in [0.2, 0.25) is 0 Å². The number of anilines is 4. The fraction of sp³-hybridized carbons (Fsp3) is 0.375. The van der Waals surface area contributed by atoms with Gasteiger partial charge in [-0.3, -0.25) is 0 Å². The van der Waals surface area contributed by atoms with Crippen molar-refractivity contribution in [2.75, 3.05) is 46.9 Å². The van der Waals surface area contributed by atoms with Crippen LogP contribution in [0.15, 0.2) is 73.8 Å². The fourth-order valence-corrected chi connectivity index (χ4v) is 6.15. The number of rotatable bonds is 8. The molecule has 4 heterocycles. The zero-order valence-corrected chi connectivity index (χ0v) is 25.4. The van der Waals surface area contributed by atoms with E-state index in [4.69, 9.17) is 9.68 Å². The number of nitrogens with zero attached hydrogens (tertiary/aromatic N) is 6. The van der Waals surface area contributed by atoms with Gasteiger partial charge in [0.2, 0.25) is 0 Å². The SMILES string of the molecule is CC(C)C(c1ccc2c(c1)NCCN2OC(=O)C(=O)ON1CCNc2cc(C(C(C)C)n3ccnc3)ccc21)n1ccnc1. The van der Waals surface area contributed by atoms with Crippen LogP contribution in [0.25, 0.3) is 0 Å². The molecule has 44 heavy (non-hydrogen) atoms. The van der Waals surface area contributed by atoms with Crippen LogP contribution in [0.1, 0.15) is 50.9 Å². The van der Waals surface area contributed by atoms with Crippen molar-refractivity contribution in [3.8, 4) is 0 Å². The van der Waals surface area contributed by atoms with E-state index in [2.05, 4.69) is 69.6 Å². The Morgan fingerprint density at radius 2 is 1.14 bits per heavy atom. The molecule has 2 atom stereocenters. The second-order valence-electron chi connectivity index (χ2n) is 11.8. The Hall–Kier alpha value is -5.00. The summed E-state index contributed by atoms with van der Waals surface area (Å²) in [4.78, 5) is 45.5. The lowest BCUT2D eigenvalue weighted by Crippen LogP contribution is -2.42. The zero-order valence-electron chi connectivity index (χ0n) is 25.4. The van der Waals surface area contributed by atoms with Crippen molar-refractivity contribution in [1.82, 2.24) is 19.1 Å². The highest BCUT2D eigenvalue weighted by atomic mass is 16.8. The van der Waals surface area contributed by atoms with Crippen molar-refractivity contribution in [3.05, 3.63) is 85.0 Å². The molecule has 2 aliphatic rings. The normalized spacial score (nSPS) is 15.6. The summed E-state index contributed by atoms with van der Waals surface area (Å²) < 4.78 is 4.17. The molecule has 0 spiro atoms. The largest absolute Gasteiger partial charge is 0.444 e. The minimum atomic E-state index is -1.09. The Balaban J connectivity index is 1.14. The predicted octanol–water partition coefficient (Wildman–Crippen LogP) is 4.65. The molecule has 0 saturated heterocycles. The molecule has 0 saturated carbocycles. The molecule has 2 N–H and O–H groups in total. The maximum atomic E-state index is 13.0. The molecular formula is C32H38N8O4. The number of carbonyl (C=O) groups is 2. The van der Waals surface area contributed by atoms with Crippen LogP contribution in [0.5, 0.6) is 0 Å². The lowest BCUT2D eigenvalue weighted by molar-refractivity contribution is -0.169. The van der Waals surface area contributed by atoms with E-state index in [-0.39, 0.29) is 12.1 Å². The van der Waals surface area contributed by atoms with Gasteiger partial charge in [0.05, 0.1) is 60.6 Å². The first-order valence-electron chi connectivity index (χ1n) is 15.0. The minimum absolute atomic E-state index is 0.0951. The van der Waals surface area contributed by atoms with Gasteiger partial charge in [0, 0.05) is 37.9 Å². The molecule has 4 aromatic rings. The Morgan fingerprint density at radius 3 is 1.50 bits per heavy atom. The van der Waals surface area contributed by atoms with E-state index in [9.17, 15) is 9.59 Å². The Morgan fingerprint density at radius 1 is 0.705 bits per heavy atom. The summed E-state index contributed by atoms with van der Waals surface area (Å²) in [6.45, 7) is 10.5. The average Bonchev–Trinajstić information content (AvgIpc) is 3.73. The number of aromatic nitrogens is 4. The maximum Gasteiger partial charge on any atom is 0.444 e. The van der Waals surface area contributed by atoms with Crippen LogP contribution >= 0.6 is 0 Å². The van der Waals surface area contributed by atoms with Gasteiger partial charge in [0.25, 0.3) is 0 Å². The van der Waals surface area contributed by atoms with Crippen molar-refractivity contribution in [3.63, 3.8) is 0 Å². The molecular weight excluding hydrogens is 560 g/mol. The molecule has 0 radical (unpaired) electrons. The van der Waals surface area contributed by atoms with Gasteiger partial charge in [-0.25, -0.2) is 29.7 Å². The fourth-order valence-electron chi connectivity index (χ4n) is 6.15.